The van der Waals surface area contributed by atoms with Gasteiger partial charge in [0.25, 0.3) is 0 Å². The highest BCUT2D eigenvalue weighted by atomic mass is 16.4. The van der Waals surface area contributed by atoms with E-state index in [-0.39, 0.29) is 12.3 Å². The maximum absolute atomic E-state index is 10.9. The second-order valence-electron chi connectivity index (χ2n) is 4.43. The molecule has 1 aromatic heterocycles. The van der Waals surface area contributed by atoms with Crippen LogP contribution in [0.1, 0.15) is 33.1 Å². The number of primary amides is 1. The minimum Gasteiger partial charge on any atom is -0.407 e. The third-order valence-corrected chi connectivity index (χ3v) is 2.05. The summed E-state index contributed by atoms with van der Waals surface area (Å²) in [7, 11) is 0. The summed E-state index contributed by atoms with van der Waals surface area (Å²) in [5.74, 6) is 0.124. The Morgan fingerprint density at radius 2 is 2.18 bits per heavy atom. The van der Waals surface area contributed by atoms with Crippen molar-refractivity contribution >= 4 is 11.9 Å². The first-order valence-corrected chi connectivity index (χ1v) is 5.52. The van der Waals surface area contributed by atoms with Crippen LogP contribution in [0.15, 0.2) is 4.42 Å². The zero-order valence-corrected chi connectivity index (χ0v) is 10.4. The van der Waals surface area contributed by atoms with Crippen LogP contribution in [-0.4, -0.2) is 28.2 Å². The number of carbonyl (C=O) groups is 1. The first kappa shape index (κ1) is 13.4. The van der Waals surface area contributed by atoms with Crippen molar-refractivity contribution in [2.75, 3.05) is 11.9 Å². The summed E-state index contributed by atoms with van der Waals surface area (Å²) in [5.41, 5.74) is 4.64. The molecule has 0 atom stereocenters. The summed E-state index contributed by atoms with van der Waals surface area (Å²) in [6, 6.07) is 0.296. The summed E-state index contributed by atoms with van der Waals surface area (Å²) in [4.78, 5) is 10.9. The van der Waals surface area contributed by atoms with E-state index in [1.54, 1.807) is 0 Å². The van der Waals surface area contributed by atoms with Gasteiger partial charge < -0.3 is 20.8 Å². The van der Waals surface area contributed by atoms with Crippen LogP contribution in [0.4, 0.5) is 6.01 Å². The molecule has 0 spiro atoms. The minimum atomic E-state index is -0.506. The lowest BCUT2D eigenvalue weighted by molar-refractivity contribution is -0.118. The third-order valence-electron chi connectivity index (χ3n) is 2.05. The van der Waals surface area contributed by atoms with E-state index in [1.165, 1.54) is 0 Å². The van der Waals surface area contributed by atoms with Crippen molar-refractivity contribution in [3.8, 4) is 0 Å². The van der Waals surface area contributed by atoms with Gasteiger partial charge in [-0.25, -0.2) is 0 Å². The minimum absolute atomic E-state index is 0.192. The fraction of sp³-hybridized carbons (Fsp3) is 0.700. The van der Waals surface area contributed by atoms with Gasteiger partial charge in [-0.2, -0.15) is 0 Å². The van der Waals surface area contributed by atoms with Gasteiger partial charge >= 0.3 is 6.01 Å². The number of carbonyl (C=O) groups excluding carboxylic acids is 1. The molecule has 7 nitrogen and oxygen atoms in total. The van der Waals surface area contributed by atoms with Gasteiger partial charge in [-0.3, -0.25) is 4.79 Å². The van der Waals surface area contributed by atoms with Gasteiger partial charge in [-0.05, 0) is 20.4 Å². The number of anilines is 1. The van der Waals surface area contributed by atoms with Crippen LogP contribution < -0.4 is 16.4 Å². The zero-order valence-electron chi connectivity index (χ0n) is 10.4. The molecule has 0 aliphatic carbocycles. The number of hydrogen-bond acceptors (Lipinski definition) is 6. The molecule has 0 saturated carbocycles. The Bertz CT molecular complexity index is 375. The molecule has 1 amide bonds. The SMILES string of the molecule is CCNCc1nnc(NC(C)(C)CC(N)=O)o1. The Kier molecular flexibility index (Phi) is 4.45. The van der Waals surface area contributed by atoms with Crippen LogP contribution in [0.5, 0.6) is 0 Å². The molecule has 0 saturated heterocycles. The molecular formula is C10H19N5O2. The quantitative estimate of drug-likeness (QED) is 0.631. The van der Waals surface area contributed by atoms with Gasteiger partial charge in [0.2, 0.25) is 11.8 Å². The molecule has 0 unspecified atom stereocenters. The number of nitrogens with one attached hydrogen (secondary N) is 2. The molecule has 0 radical (unpaired) electrons. The summed E-state index contributed by atoms with van der Waals surface area (Å²) < 4.78 is 5.36. The maximum atomic E-state index is 10.9. The van der Waals surface area contributed by atoms with Gasteiger partial charge in [0, 0.05) is 12.0 Å². The highest BCUT2D eigenvalue weighted by Crippen LogP contribution is 2.16. The average molecular weight is 241 g/mol. The van der Waals surface area contributed by atoms with E-state index in [0.29, 0.717) is 18.5 Å². The second kappa shape index (κ2) is 5.62. The fourth-order valence-electron chi connectivity index (χ4n) is 1.38. The molecule has 1 heterocycles. The first-order valence-electron chi connectivity index (χ1n) is 5.52. The van der Waals surface area contributed by atoms with Crippen LogP contribution in [0.2, 0.25) is 0 Å². The van der Waals surface area contributed by atoms with Gasteiger partial charge in [-0.1, -0.05) is 12.0 Å². The van der Waals surface area contributed by atoms with E-state index in [9.17, 15) is 4.79 Å². The molecule has 0 aromatic carbocycles. The van der Waals surface area contributed by atoms with E-state index in [4.69, 9.17) is 10.2 Å². The predicted octanol–water partition coefficient (Wildman–Crippen LogP) is 0.245. The summed E-state index contributed by atoms with van der Waals surface area (Å²) in [5, 5.41) is 13.8. The Morgan fingerprint density at radius 3 is 2.76 bits per heavy atom. The number of nitrogens with zero attached hydrogens (tertiary/aromatic N) is 2. The number of hydrogen-bond donors (Lipinski definition) is 3. The van der Waals surface area contributed by atoms with Crippen LogP contribution in [-0.2, 0) is 11.3 Å². The molecule has 96 valence electrons. The van der Waals surface area contributed by atoms with Crippen LogP contribution >= 0.6 is 0 Å². The Morgan fingerprint density at radius 1 is 1.47 bits per heavy atom. The van der Waals surface area contributed by atoms with Crippen LogP contribution in [0, 0.1) is 0 Å². The van der Waals surface area contributed by atoms with Crippen LogP contribution in [0.25, 0.3) is 0 Å². The fourth-order valence-corrected chi connectivity index (χ4v) is 1.38. The Hall–Kier alpha value is -1.63. The molecule has 7 heteroatoms. The lowest BCUT2D eigenvalue weighted by atomic mass is 10.0. The number of rotatable bonds is 7. The monoisotopic (exact) mass is 241 g/mol. The molecule has 17 heavy (non-hydrogen) atoms. The van der Waals surface area contributed by atoms with Crippen molar-refractivity contribution < 1.29 is 9.21 Å². The molecule has 0 fully saturated rings. The van der Waals surface area contributed by atoms with Gasteiger partial charge in [0.05, 0.1) is 6.54 Å². The maximum Gasteiger partial charge on any atom is 0.315 e. The second-order valence-corrected chi connectivity index (χ2v) is 4.43. The molecule has 0 aliphatic rings. The molecule has 1 aromatic rings. The average Bonchev–Trinajstić information content (AvgIpc) is 2.59. The van der Waals surface area contributed by atoms with Crippen molar-refractivity contribution in [3.05, 3.63) is 5.89 Å². The normalized spacial score (nSPS) is 11.5. The van der Waals surface area contributed by atoms with E-state index in [0.717, 1.165) is 6.54 Å². The summed E-state index contributed by atoms with van der Waals surface area (Å²) in [6.07, 6.45) is 0.192. The number of amides is 1. The van der Waals surface area contributed by atoms with Crippen molar-refractivity contribution in [1.82, 2.24) is 15.5 Å². The lowest BCUT2D eigenvalue weighted by Crippen LogP contribution is -2.36. The summed E-state index contributed by atoms with van der Waals surface area (Å²) >= 11 is 0. The topological polar surface area (TPSA) is 106 Å². The van der Waals surface area contributed by atoms with Crippen LogP contribution in [0.3, 0.4) is 0 Å². The molecule has 4 N–H and O–H groups in total. The predicted molar refractivity (Wildman–Crippen MR) is 63.2 cm³/mol. The van der Waals surface area contributed by atoms with Crippen molar-refractivity contribution in [2.45, 2.75) is 39.3 Å². The molecule has 1 rings (SSSR count). The Labute approximate surface area is 100 Å². The van der Waals surface area contributed by atoms with Crippen molar-refractivity contribution in [2.24, 2.45) is 5.73 Å². The van der Waals surface area contributed by atoms with Gasteiger partial charge in [0.15, 0.2) is 0 Å². The van der Waals surface area contributed by atoms with Crippen molar-refractivity contribution in [3.63, 3.8) is 0 Å². The van der Waals surface area contributed by atoms with Crippen molar-refractivity contribution in [1.29, 1.82) is 0 Å². The van der Waals surface area contributed by atoms with E-state index >= 15 is 0 Å². The summed E-state index contributed by atoms with van der Waals surface area (Å²) in [6.45, 7) is 7.03. The third kappa shape index (κ3) is 4.81. The standard InChI is InChI=1S/C10H19N5O2/c1-4-12-6-8-14-15-9(17-8)13-10(2,3)5-7(11)16/h12H,4-6H2,1-3H3,(H2,11,16)(H,13,15). The largest absolute Gasteiger partial charge is 0.407 e. The Balaban J connectivity index is 2.56. The zero-order chi connectivity index (χ0) is 12.9. The van der Waals surface area contributed by atoms with E-state index < -0.39 is 5.54 Å². The molecule has 0 aliphatic heterocycles. The highest BCUT2D eigenvalue weighted by molar-refractivity contribution is 5.75. The number of nitrogens with two attached hydrogens (primary N) is 1. The molecular weight excluding hydrogens is 222 g/mol. The van der Waals surface area contributed by atoms with E-state index in [2.05, 4.69) is 20.8 Å². The number of aromatic nitrogens is 2. The molecule has 0 bridgehead atoms. The van der Waals surface area contributed by atoms with Gasteiger partial charge in [0.1, 0.15) is 0 Å². The highest BCUT2D eigenvalue weighted by Gasteiger charge is 2.22. The van der Waals surface area contributed by atoms with Gasteiger partial charge in [-0.15, -0.1) is 5.10 Å². The first-order chi connectivity index (χ1) is 7.93. The smallest absolute Gasteiger partial charge is 0.315 e. The van der Waals surface area contributed by atoms with E-state index in [1.807, 2.05) is 20.8 Å². The lowest BCUT2D eigenvalue weighted by Gasteiger charge is -2.22.